The maximum absolute atomic E-state index is 13.4. The third-order valence-electron chi connectivity index (χ3n) is 16.3. The van der Waals surface area contributed by atoms with Crippen LogP contribution in [-0.2, 0) is 46.7 Å². The number of pyridine rings is 3. The molecule has 0 unspecified atom stereocenters. The molecule has 10 aromatic carbocycles. The highest BCUT2D eigenvalue weighted by atomic mass is 79.9. The molecule has 13 rings (SSSR count). The Balaban J connectivity index is 0.000000164. The number of carbonyl (C=O) groups is 5. The lowest BCUT2D eigenvalue weighted by atomic mass is 9.92. The molecule has 0 bridgehead atoms. The Morgan fingerprint density at radius 3 is 1.14 bits per heavy atom. The number of aldehydes is 2. The summed E-state index contributed by atoms with van der Waals surface area (Å²) in [6.45, 7) is 0.518. The van der Waals surface area contributed by atoms with E-state index in [0.29, 0.717) is 97.2 Å². The van der Waals surface area contributed by atoms with Gasteiger partial charge in [-0.25, -0.2) is 27.6 Å². The average molecular weight is 1420 g/mol. The molecule has 506 valence electrons. The number of esters is 3. The molecule has 19 heteroatoms. The first kappa shape index (κ1) is 71.7. The van der Waals surface area contributed by atoms with Crippen molar-refractivity contribution < 1.29 is 65.9 Å². The van der Waals surface area contributed by atoms with Crippen LogP contribution in [0.1, 0.15) is 96.3 Å². The smallest absolute Gasteiger partial charge is 0.341 e. The lowest BCUT2D eigenvalue weighted by Crippen LogP contribution is -2.08. The van der Waals surface area contributed by atoms with Crippen LogP contribution in [0.4, 0.5) is 13.2 Å². The molecule has 14 nitrogen and oxygen atoms in total. The van der Waals surface area contributed by atoms with E-state index in [0.717, 1.165) is 67.9 Å². The highest BCUT2D eigenvalue weighted by Crippen LogP contribution is 2.42. The number of aromatic nitrogens is 3. The number of carbonyl (C=O) groups excluding carboxylic acids is 5. The predicted octanol–water partition coefficient (Wildman–Crippen LogP) is 16.4. The molecular weight excluding hydrogens is 1350 g/mol. The van der Waals surface area contributed by atoms with Crippen LogP contribution in [0.2, 0.25) is 0 Å². The number of hydrogen-bond donors (Lipinski definition) is 1. The van der Waals surface area contributed by atoms with Crippen LogP contribution < -0.4 is 9.47 Å². The van der Waals surface area contributed by atoms with Gasteiger partial charge < -0.3 is 28.8 Å². The van der Waals surface area contributed by atoms with E-state index in [9.17, 15) is 42.3 Å². The molecule has 0 saturated carbocycles. The number of aromatic hydroxyl groups is 1. The number of phenolic OH excluding ortho intramolecular Hbond substituents is 1. The summed E-state index contributed by atoms with van der Waals surface area (Å²) in [6.07, 6.45) is 8.22. The summed E-state index contributed by atoms with van der Waals surface area (Å²) in [4.78, 5) is 74.8. The van der Waals surface area contributed by atoms with Gasteiger partial charge in [-0.3, -0.25) is 24.5 Å². The van der Waals surface area contributed by atoms with Gasteiger partial charge in [0, 0.05) is 50.3 Å². The minimum atomic E-state index is -0.707. The van der Waals surface area contributed by atoms with Crippen molar-refractivity contribution in [2.45, 2.75) is 32.5 Å². The van der Waals surface area contributed by atoms with Crippen molar-refractivity contribution in [1.29, 1.82) is 0 Å². The second-order valence-corrected chi connectivity index (χ2v) is 23.8. The summed E-state index contributed by atoms with van der Waals surface area (Å²) in [5, 5.41) is 12.8. The Hall–Kier alpha value is -12.1. The van der Waals surface area contributed by atoms with Crippen LogP contribution in [0.15, 0.2) is 241 Å². The van der Waals surface area contributed by atoms with Crippen LogP contribution >= 0.6 is 15.9 Å². The Labute approximate surface area is 589 Å². The van der Waals surface area contributed by atoms with E-state index in [2.05, 4.69) is 25.9 Å². The fourth-order valence-corrected chi connectivity index (χ4v) is 11.9. The fourth-order valence-electron chi connectivity index (χ4n) is 11.4. The number of halogens is 4. The lowest BCUT2D eigenvalue weighted by Gasteiger charge is -2.17. The van der Waals surface area contributed by atoms with Crippen molar-refractivity contribution in [3.8, 4) is 39.5 Å². The second kappa shape index (κ2) is 33.4. The summed E-state index contributed by atoms with van der Waals surface area (Å²) in [6, 6.07) is 63.0. The molecule has 0 amide bonds. The van der Waals surface area contributed by atoms with Gasteiger partial charge in [0.1, 0.15) is 63.9 Å². The first-order chi connectivity index (χ1) is 48.6. The van der Waals surface area contributed by atoms with Gasteiger partial charge >= 0.3 is 17.9 Å². The molecule has 3 aromatic heterocycles. The van der Waals surface area contributed by atoms with Crippen molar-refractivity contribution in [2.24, 2.45) is 0 Å². The third kappa shape index (κ3) is 17.1. The zero-order valence-electron chi connectivity index (χ0n) is 54.1. The Morgan fingerprint density at radius 1 is 0.396 bits per heavy atom. The number of hydrogen-bond acceptors (Lipinski definition) is 14. The monoisotopic (exact) mass is 1410 g/mol. The maximum atomic E-state index is 13.4. The van der Waals surface area contributed by atoms with E-state index in [4.69, 9.17) is 28.7 Å². The molecule has 0 fully saturated rings. The zero-order valence-corrected chi connectivity index (χ0v) is 55.7. The summed E-state index contributed by atoms with van der Waals surface area (Å²) >= 11 is 3.55. The molecule has 3 heterocycles. The number of rotatable bonds is 19. The molecule has 0 saturated heterocycles. The van der Waals surface area contributed by atoms with Crippen molar-refractivity contribution in [2.75, 3.05) is 21.3 Å². The van der Waals surface area contributed by atoms with Gasteiger partial charge in [-0.05, 0) is 159 Å². The standard InChI is InChI=1S/C32H24FNO4.C25H19BrFNO3.C25H18FNO4.BH4/c1-37-32(36)29-17-27(26-10-6-5-9-24(26)19-35)28-16-23(15-21-11-13-25(33)14-12-21)18-34-30(28)31(29)38-20-22-7-3-2-4-8-22;1-30-25(29)21-13-22(26)20-12-18(11-16-7-9-19(27)10-8-16)14-28-23(20)24(21)31-15-17-5-3-2-4-6-17;1-31-25(30)22-12-20(19-5-3-2-4-17(19)14-28)21-11-16(13-27-23(21)24(22)29)10-15-6-8-18(26)9-7-15;/h2-14,16-19H,15,20H2,1H3;2-10,12-14H,11,15H2,1H3;2-9,11-14,29H,10H2,1H3;1H4/q;;;-1. The van der Waals surface area contributed by atoms with E-state index in [1.54, 1.807) is 104 Å². The van der Waals surface area contributed by atoms with E-state index in [-0.39, 0.29) is 54.9 Å². The summed E-state index contributed by atoms with van der Waals surface area (Å²) < 4.78 is 67.6. The Morgan fingerprint density at radius 2 is 0.733 bits per heavy atom. The number of nitrogens with zero attached hydrogens (tertiary/aromatic N) is 3. The highest BCUT2D eigenvalue weighted by molar-refractivity contribution is 9.10. The van der Waals surface area contributed by atoms with Gasteiger partial charge in [0.05, 0.1) is 21.3 Å². The van der Waals surface area contributed by atoms with Crippen molar-refractivity contribution >= 4 is 87.5 Å². The third-order valence-corrected chi connectivity index (χ3v) is 17.0. The molecule has 1 N–H and O–H groups in total. The van der Waals surface area contributed by atoms with Crippen molar-refractivity contribution in [3.05, 3.63) is 331 Å². The topological polar surface area (TPSA) is 190 Å². The lowest BCUT2D eigenvalue weighted by molar-refractivity contribution is 0.0586. The van der Waals surface area contributed by atoms with E-state index in [1.807, 2.05) is 91.0 Å². The number of phenols is 1. The number of ether oxygens (including phenoxy) is 5. The van der Waals surface area contributed by atoms with Crippen LogP contribution in [0.5, 0.6) is 17.2 Å². The molecule has 13 aromatic rings. The largest absolute Gasteiger partial charge is 0.505 e. The number of fused-ring (bicyclic) bond motifs is 3. The zero-order chi connectivity index (χ0) is 70.2. The molecule has 101 heavy (non-hydrogen) atoms. The minimum absolute atomic E-state index is 0. The van der Waals surface area contributed by atoms with Gasteiger partial charge in [-0.1, -0.05) is 170 Å². The average Bonchev–Trinajstić information content (AvgIpc) is 0.785. The second-order valence-electron chi connectivity index (χ2n) is 22.9. The van der Waals surface area contributed by atoms with Crippen molar-refractivity contribution in [1.82, 2.24) is 15.0 Å². The first-order valence-electron chi connectivity index (χ1n) is 31.3. The van der Waals surface area contributed by atoms with E-state index >= 15 is 0 Å². The van der Waals surface area contributed by atoms with E-state index in [1.165, 1.54) is 63.8 Å². The number of methoxy groups -OCH3 is 3. The Bertz CT molecular complexity index is 5170. The maximum Gasteiger partial charge on any atom is 0.341 e. The van der Waals surface area contributed by atoms with Crippen LogP contribution in [0.3, 0.4) is 0 Å². The molecule has 0 spiro atoms. The quantitative estimate of drug-likeness (QED) is 0.0348. The molecule has 0 atom stereocenters. The van der Waals surface area contributed by atoms with E-state index < -0.39 is 17.9 Å². The Kier molecular flexibility index (Phi) is 23.7. The summed E-state index contributed by atoms with van der Waals surface area (Å²) in [5.74, 6) is -2.26. The predicted molar refractivity (Wildman–Crippen MR) is 391 cm³/mol. The molecule has 0 aliphatic heterocycles. The number of benzene rings is 10. The molecule has 0 radical (unpaired) electrons. The molecule has 0 aliphatic rings. The van der Waals surface area contributed by atoms with Gasteiger partial charge in [0.15, 0.2) is 29.8 Å². The highest BCUT2D eigenvalue weighted by Gasteiger charge is 2.26. The van der Waals surface area contributed by atoms with Crippen molar-refractivity contribution in [3.63, 3.8) is 0 Å². The summed E-state index contributed by atoms with van der Waals surface area (Å²) in [7, 11) is 3.87. The first-order valence-corrected chi connectivity index (χ1v) is 32.1. The van der Waals surface area contributed by atoms with Crippen LogP contribution in [0, 0.1) is 17.5 Å². The fraction of sp³-hybridized carbons (Fsp3) is 0.0976. The summed E-state index contributed by atoms with van der Waals surface area (Å²) in [5.41, 5.74) is 12.5. The van der Waals surface area contributed by atoms with Gasteiger partial charge in [0.25, 0.3) is 0 Å². The van der Waals surface area contributed by atoms with Gasteiger partial charge in [0.2, 0.25) is 0 Å². The van der Waals surface area contributed by atoms with Crippen LogP contribution in [-0.4, -0.2) is 80.3 Å². The SMILES string of the molecule is COC(=O)c1cc(-c2ccccc2C=O)c2cc(Cc3ccc(F)cc3)cnc2c1O.COC(=O)c1cc(-c2ccccc2C=O)c2cc(Cc3ccc(F)cc3)cnc2c1OCc1ccccc1.COC(=O)c1cc(Br)c2cc(Cc3ccc(F)cc3)cnc2c1OCc1ccccc1.[BH4-]. The molecule has 0 aliphatic carbocycles. The van der Waals surface area contributed by atoms with Gasteiger partial charge in [-0.15, -0.1) is 0 Å². The molecular formula is C82H65BBrF3N3O11-. The van der Waals surface area contributed by atoms with Gasteiger partial charge in [-0.2, -0.15) is 0 Å². The van der Waals surface area contributed by atoms with Crippen LogP contribution in [0.25, 0.3) is 55.0 Å². The minimum Gasteiger partial charge on any atom is -0.505 e. The normalized spacial score (nSPS) is 10.7.